The van der Waals surface area contributed by atoms with Crippen molar-refractivity contribution in [3.8, 4) is 0 Å². The van der Waals surface area contributed by atoms with E-state index < -0.39 is 11.6 Å². The monoisotopic (exact) mass is 254 g/mol. The fourth-order valence-corrected chi connectivity index (χ4v) is 3.39. The van der Waals surface area contributed by atoms with Gasteiger partial charge in [-0.15, -0.1) is 0 Å². The second-order valence-electron chi connectivity index (χ2n) is 6.01. The Labute approximate surface area is 108 Å². The maximum atomic E-state index is 12.0. The van der Waals surface area contributed by atoms with Crippen LogP contribution in [0.3, 0.4) is 0 Å². The van der Waals surface area contributed by atoms with Crippen LogP contribution in [0.1, 0.15) is 51.4 Å². The summed E-state index contributed by atoms with van der Waals surface area (Å²) in [4.78, 5) is 12.0. The molecule has 1 N–H and O–H groups in total. The number of aliphatic hydroxyl groups is 1. The third kappa shape index (κ3) is 2.28. The van der Waals surface area contributed by atoms with E-state index in [1.807, 2.05) is 0 Å². The maximum absolute atomic E-state index is 12.0. The Hall–Kier alpha value is -0.610. The van der Waals surface area contributed by atoms with E-state index in [1.54, 1.807) is 0 Å². The van der Waals surface area contributed by atoms with Crippen molar-refractivity contribution >= 4 is 5.97 Å². The van der Waals surface area contributed by atoms with Crippen molar-refractivity contribution in [2.75, 3.05) is 6.61 Å². The van der Waals surface area contributed by atoms with Crippen LogP contribution in [0.2, 0.25) is 0 Å². The first-order valence-electron chi connectivity index (χ1n) is 7.25. The smallest absolute Gasteiger partial charge is 0.341 e. The highest BCUT2D eigenvalue weighted by Gasteiger charge is 2.61. The number of epoxide rings is 1. The fourth-order valence-electron chi connectivity index (χ4n) is 3.39. The van der Waals surface area contributed by atoms with E-state index in [0.29, 0.717) is 18.9 Å². The first-order valence-corrected chi connectivity index (χ1v) is 7.25. The van der Waals surface area contributed by atoms with E-state index in [-0.39, 0.29) is 12.2 Å². The number of ether oxygens (including phenoxy) is 2. The Morgan fingerprint density at radius 2 is 2.00 bits per heavy atom. The lowest BCUT2D eigenvalue weighted by molar-refractivity contribution is -0.171. The van der Waals surface area contributed by atoms with Crippen LogP contribution in [0, 0.1) is 5.92 Å². The lowest BCUT2D eigenvalue weighted by Gasteiger charge is -2.28. The standard InChI is InChI=1S/C14H22O4/c15-13(17-9-10-5-2-1-3-6-10)14(16)8-4-7-11-12(14)18-11/h10-12,16H,1-9H2. The molecule has 1 heterocycles. The van der Waals surface area contributed by atoms with Crippen LogP contribution < -0.4 is 0 Å². The van der Waals surface area contributed by atoms with Gasteiger partial charge in [0.05, 0.1) is 12.7 Å². The number of esters is 1. The normalized spacial score (nSPS) is 40.1. The summed E-state index contributed by atoms with van der Waals surface area (Å²) in [6.07, 6.45) is 8.14. The highest BCUT2D eigenvalue weighted by atomic mass is 16.6. The predicted molar refractivity (Wildman–Crippen MR) is 65.0 cm³/mol. The van der Waals surface area contributed by atoms with Crippen molar-refractivity contribution < 1.29 is 19.4 Å². The van der Waals surface area contributed by atoms with Gasteiger partial charge in [0.25, 0.3) is 0 Å². The minimum absolute atomic E-state index is 0.0889. The zero-order valence-corrected chi connectivity index (χ0v) is 10.8. The van der Waals surface area contributed by atoms with E-state index in [4.69, 9.17) is 9.47 Å². The van der Waals surface area contributed by atoms with Crippen molar-refractivity contribution in [3.63, 3.8) is 0 Å². The van der Waals surface area contributed by atoms with Gasteiger partial charge in [-0.2, -0.15) is 0 Å². The molecule has 0 spiro atoms. The molecule has 2 aliphatic carbocycles. The number of carbonyl (C=O) groups excluding carboxylic acids is 1. The number of carbonyl (C=O) groups is 1. The Morgan fingerprint density at radius 3 is 2.78 bits per heavy atom. The molecule has 3 fully saturated rings. The molecule has 18 heavy (non-hydrogen) atoms. The topological polar surface area (TPSA) is 59.1 Å². The Balaban J connectivity index is 1.51. The molecule has 3 rings (SSSR count). The van der Waals surface area contributed by atoms with Crippen LogP contribution in [-0.4, -0.2) is 35.5 Å². The summed E-state index contributed by atoms with van der Waals surface area (Å²) in [6.45, 7) is 0.471. The first kappa shape index (κ1) is 12.4. The molecule has 0 amide bonds. The fraction of sp³-hybridized carbons (Fsp3) is 0.929. The zero-order chi connectivity index (χ0) is 12.6. The van der Waals surface area contributed by atoms with Gasteiger partial charge in [0.2, 0.25) is 0 Å². The van der Waals surface area contributed by atoms with Crippen LogP contribution in [0.25, 0.3) is 0 Å². The molecule has 1 aliphatic heterocycles. The summed E-state index contributed by atoms with van der Waals surface area (Å²) >= 11 is 0. The summed E-state index contributed by atoms with van der Waals surface area (Å²) in [5, 5.41) is 10.4. The molecule has 4 nitrogen and oxygen atoms in total. The minimum atomic E-state index is -1.36. The summed E-state index contributed by atoms with van der Waals surface area (Å²) in [5.74, 6) is 0.0334. The van der Waals surface area contributed by atoms with Gasteiger partial charge in [-0.05, 0) is 38.0 Å². The Bertz CT molecular complexity index is 324. The van der Waals surface area contributed by atoms with Gasteiger partial charge >= 0.3 is 5.97 Å². The molecule has 0 aromatic rings. The molecule has 3 unspecified atom stereocenters. The van der Waals surface area contributed by atoms with Crippen LogP contribution in [-0.2, 0) is 14.3 Å². The molecule has 3 aliphatic rings. The van der Waals surface area contributed by atoms with Crippen molar-refractivity contribution in [1.29, 1.82) is 0 Å². The molecule has 0 aromatic carbocycles. The number of fused-ring (bicyclic) bond motifs is 1. The van der Waals surface area contributed by atoms with Crippen molar-refractivity contribution in [3.05, 3.63) is 0 Å². The molecule has 0 radical (unpaired) electrons. The molecule has 1 saturated heterocycles. The van der Waals surface area contributed by atoms with Gasteiger partial charge in [0.1, 0.15) is 6.10 Å². The van der Waals surface area contributed by atoms with Crippen LogP contribution >= 0.6 is 0 Å². The number of hydrogen-bond donors (Lipinski definition) is 1. The first-order chi connectivity index (χ1) is 8.70. The summed E-state index contributed by atoms with van der Waals surface area (Å²) in [5.41, 5.74) is -1.36. The van der Waals surface area contributed by atoms with Gasteiger partial charge in [0.15, 0.2) is 5.60 Å². The van der Waals surface area contributed by atoms with E-state index >= 15 is 0 Å². The molecular formula is C14H22O4. The highest BCUT2D eigenvalue weighted by molar-refractivity contribution is 5.81. The van der Waals surface area contributed by atoms with Crippen molar-refractivity contribution in [1.82, 2.24) is 0 Å². The second-order valence-corrected chi connectivity index (χ2v) is 6.01. The lowest BCUT2D eigenvalue weighted by Crippen LogP contribution is -2.48. The van der Waals surface area contributed by atoms with E-state index in [9.17, 15) is 9.90 Å². The van der Waals surface area contributed by atoms with Gasteiger partial charge in [0, 0.05) is 0 Å². The lowest BCUT2D eigenvalue weighted by atomic mass is 9.85. The van der Waals surface area contributed by atoms with Gasteiger partial charge in [-0.1, -0.05) is 19.3 Å². The largest absolute Gasteiger partial charge is 0.463 e. The third-order valence-electron chi connectivity index (χ3n) is 4.63. The highest BCUT2D eigenvalue weighted by Crippen LogP contribution is 2.44. The van der Waals surface area contributed by atoms with Crippen molar-refractivity contribution in [2.45, 2.75) is 69.2 Å². The maximum Gasteiger partial charge on any atom is 0.341 e. The molecule has 4 heteroatoms. The Morgan fingerprint density at radius 1 is 1.22 bits per heavy atom. The zero-order valence-electron chi connectivity index (χ0n) is 10.8. The Kier molecular flexibility index (Phi) is 3.32. The number of hydrogen-bond acceptors (Lipinski definition) is 4. The molecule has 2 saturated carbocycles. The average Bonchev–Trinajstić information content (AvgIpc) is 3.18. The molecular weight excluding hydrogens is 232 g/mol. The molecule has 102 valence electrons. The van der Waals surface area contributed by atoms with Gasteiger partial charge in [-0.3, -0.25) is 0 Å². The van der Waals surface area contributed by atoms with Gasteiger partial charge in [-0.25, -0.2) is 4.79 Å². The minimum Gasteiger partial charge on any atom is -0.463 e. The summed E-state index contributed by atoms with van der Waals surface area (Å²) in [7, 11) is 0. The second kappa shape index (κ2) is 4.82. The number of rotatable bonds is 3. The molecule has 0 aromatic heterocycles. The van der Waals surface area contributed by atoms with Crippen LogP contribution in [0.4, 0.5) is 0 Å². The van der Waals surface area contributed by atoms with Crippen molar-refractivity contribution in [2.24, 2.45) is 5.92 Å². The average molecular weight is 254 g/mol. The molecule has 3 atom stereocenters. The van der Waals surface area contributed by atoms with Crippen LogP contribution in [0.15, 0.2) is 0 Å². The van der Waals surface area contributed by atoms with E-state index in [1.165, 1.54) is 19.3 Å². The molecule has 0 bridgehead atoms. The summed E-state index contributed by atoms with van der Waals surface area (Å²) in [6, 6.07) is 0. The van der Waals surface area contributed by atoms with Crippen LogP contribution in [0.5, 0.6) is 0 Å². The van der Waals surface area contributed by atoms with E-state index in [0.717, 1.165) is 25.7 Å². The van der Waals surface area contributed by atoms with Gasteiger partial charge < -0.3 is 14.6 Å². The quantitative estimate of drug-likeness (QED) is 0.616. The van der Waals surface area contributed by atoms with E-state index in [2.05, 4.69) is 0 Å². The third-order valence-corrected chi connectivity index (χ3v) is 4.63. The SMILES string of the molecule is O=C(OCC1CCCCC1)C1(O)CCCC2OC21. The predicted octanol–water partition coefficient (Wildman–Crippen LogP) is 1.79. The summed E-state index contributed by atoms with van der Waals surface area (Å²) < 4.78 is 10.7.